The van der Waals surface area contributed by atoms with Crippen LogP contribution >= 0.6 is 27.5 Å². The lowest BCUT2D eigenvalue weighted by Gasteiger charge is -1.95. The Kier molecular flexibility index (Phi) is 1.98. The van der Waals surface area contributed by atoms with E-state index in [1.807, 2.05) is 6.07 Å². The number of halogens is 2. The number of rotatable bonds is 0. The maximum atomic E-state index is 8.71. The number of hydrogen-bond donors (Lipinski definition) is 1. The van der Waals surface area contributed by atoms with Gasteiger partial charge in [0.2, 0.25) is 0 Å². The van der Waals surface area contributed by atoms with E-state index in [1.54, 1.807) is 6.20 Å². The monoisotopic (exact) mass is 255 g/mol. The highest BCUT2D eigenvalue weighted by atomic mass is 79.9. The predicted molar refractivity (Wildman–Crippen MR) is 53.5 cm³/mol. The van der Waals surface area contributed by atoms with Gasteiger partial charge in [0, 0.05) is 16.9 Å². The van der Waals surface area contributed by atoms with E-state index in [0.29, 0.717) is 16.2 Å². The Balaban J connectivity index is 2.93. The Morgan fingerprint density at radius 2 is 2.38 bits per heavy atom. The highest BCUT2D eigenvalue weighted by Crippen LogP contribution is 2.30. The minimum Gasteiger partial charge on any atom is -0.345 e. The summed E-state index contributed by atoms with van der Waals surface area (Å²) in [6.45, 7) is 0. The second-order valence-corrected chi connectivity index (χ2v) is 3.69. The minimum atomic E-state index is 0.384. The van der Waals surface area contributed by atoms with Crippen molar-refractivity contribution >= 4 is 38.6 Å². The van der Waals surface area contributed by atoms with Gasteiger partial charge in [0.25, 0.3) is 0 Å². The van der Waals surface area contributed by atoms with Gasteiger partial charge in [-0.05, 0) is 15.9 Å². The van der Waals surface area contributed by atoms with Crippen LogP contribution in [-0.2, 0) is 0 Å². The van der Waals surface area contributed by atoms with E-state index in [-0.39, 0.29) is 0 Å². The second kappa shape index (κ2) is 3.02. The van der Waals surface area contributed by atoms with Gasteiger partial charge >= 0.3 is 0 Å². The van der Waals surface area contributed by atoms with Crippen molar-refractivity contribution in [1.82, 2.24) is 9.97 Å². The van der Waals surface area contributed by atoms with Crippen molar-refractivity contribution in [2.24, 2.45) is 0 Å². The number of fused-ring (bicyclic) bond motifs is 1. The molecule has 0 unspecified atom stereocenters. The van der Waals surface area contributed by atoms with Gasteiger partial charge < -0.3 is 4.98 Å². The molecule has 0 spiro atoms. The molecular formula is C8H3BrClN3. The summed E-state index contributed by atoms with van der Waals surface area (Å²) >= 11 is 9.29. The van der Waals surface area contributed by atoms with E-state index < -0.39 is 0 Å². The summed E-state index contributed by atoms with van der Waals surface area (Å²) in [5.41, 5.74) is 1.06. The first kappa shape index (κ1) is 8.54. The van der Waals surface area contributed by atoms with Gasteiger partial charge in [-0.25, -0.2) is 4.98 Å². The lowest BCUT2D eigenvalue weighted by molar-refractivity contribution is 1.31. The largest absolute Gasteiger partial charge is 0.345 e. The highest BCUT2D eigenvalue weighted by molar-refractivity contribution is 9.10. The molecular weight excluding hydrogens is 253 g/mol. The van der Waals surface area contributed by atoms with Gasteiger partial charge in [0.1, 0.15) is 11.7 Å². The average molecular weight is 256 g/mol. The number of hydrogen-bond acceptors (Lipinski definition) is 2. The fourth-order valence-electron chi connectivity index (χ4n) is 1.10. The molecule has 0 saturated heterocycles. The minimum absolute atomic E-state index is 0.384. The van der Waals surface area contributed by atoms with Gasteiger partial charge in [-0.15, -0.1) is 0 Å². The molecule has 64 valence electrons. The molecule has 0 aliphatic rings. The Bertz CT molecular complexity index is 512. The van der Waals surface area contributed by atoms with E-state index in [0.717, 1.165) is 9.86 Å². The van der Waals surface area contributed by atoms with Gasteiger partial charge in [-0.2, -0.15) is 5.26 Å². The molecule has 0 radical (unpaired) electrons. The van der Waals surface area contributed by atoms with Gasteiger partial charge in [-0.1, -0.05) is 11.6 Å². The number of aromatic nitrogens is 2. The Hall–Kier alpha value is -1.05. The molecule has 0 aliphatic heterocycles. The quantitative estimate of drug-likeness (QED) is 0.788. The molecule has 2 aromatic heterocycles. The van der Waals surface area contributed by atoms with Crippen LogP contribution in [0.15, 0.2) is 16.9 Å². The van der Waals surface area contributed by atoms with Crippen molar-refractivity contribution in [3.8, 4) is 6.07 Å². The summed E-state index contributed by atoms with van der Waals surface area (Å²) < 4.78 is 0.817. The van der Waals surface area contributed by atoms with E-state index in [9.17, 15) is 0 Å². The maximum absolute atomic E-state index is 8.71. The molecule has 2 aromatic rings. The van der Waals surface area contributed by atoms with E-state index in [1.165, 1.54) is 6.20 Å². The van der Waals surface area contributed by atoms with Crippen molar-refractivity contribution in [1.29, 1.82) is 5.26 Å². The zero-order valence-corrected chi connectivity index (χ0v) is 8.65. The number of nitrogens with one attached hydrogen (secondary N) is 1. The second-order valence-electron chi connectivity index (χ2n) is 2.46. The summed E-state index contributed by atoms with van der Waals surface area (Å²) in [4.78, 5) is 6.97. The highest BCUT2D eigenvalue weighted by Gasteiger charge is 2.10. The lowest BCUT2D eigenvalue weighted by atomic mass is 10.2. The van der Waals surface area contributed by atoms with Crippen LogP contribution in [0.2, 0.25) is 5.02 Å². The summed E-state index contributed by atoms with van der Waals surface area (Å²) in [5, 5.41) is 9.89. The fourth-order valence-corrected chi connectivity index (χ4v) is 2.00. The fraction of sp³-hybridized carbons (Fsp3) is 0. The number of nitrogens with zero attached hydrogens (tertiary/aromatic N) is 2. The van der Waals surface area contributed by atoms with Crippen molar-refractivity contribution < 1.29 is 0 Å². The van der Waals surface area contributed by atoms with Crippen LogP contribution in [-0.4, -0.2) is 9.97 Å². The molecule has 13 heavy (non-hydrogen) atoms. The summed E-state index contributed by atoms with van der Waals surface area (Å²) in [6, 6.07) is 1.98. The van der Waals surface area contributed by atoms with Crippen molar-refractivity contribution in [3.05, 3.63) is 27.5 Å². The molecule has 3 nitrogen and oxygen atoms in total. The molecule has 0 saturated carbocycles. The zero-order valence-electron chi connectivity index (χ0n) is 6.31. The van der Waals surface area contributed by atoms with Crippen LogP contribution in [0.4, 0.5) is 0 Å². The normalized spacial score (nSPS) is 10.2. The summed E-state index contributed by atoms with van der Waals surface area (Å²) in [5.74, 6) is 0. The van der Waals surface area contributed by atoms with Gasteiger partial charge in [-0.3, -0.25) is 0 Å². The third kappa shape index (κ3) is 1.21. The number of aromatic amines is 1. The predicted octanol–water partition coefficient (Wildman–Crippen LogP) is 2.85. The van der Waals surface area contributed by atoms with E-state index >= 15 is 0 Å². The third-order valence-electron chi connectivity index (χ3n) is 1.71. The summed E-state index contributed by atoms with van der Waals surface area (Å²) in [6.07, 6.45) is 3.19. The molecule has 2 rings (SSSR count). The number of pyridine rings is 1. The molecule has 1 N–H and O–H groups in total. The van der Waals surface area contributed by atoms with E-state index in [2.05, 4.69) is 25.9 Å². The smallest absolute Gasteiger partial charge is 0.140 e. The Morgan fingerprint density at radius 1 is 1.62 bits per heavy atom. The van der Waals surface area contributed by atoms with Crippen molar-refractivity contribution in [3.63, 3.8) is 0 Å². The van der Waals surface area contributed by atoms with E-state index in [4.69, 9.17) is 16.9 Å². The molecule has 0 fully saturated rings. The molecule has 0 bridgehead atoms. The number of nitriles is 1. The molecule has 0 amide bonds. The first-order valence-corrected chi connectivity index (χ1v) is 4.62. The van der Waals surface area contributed by atoms with Crippen LogP contribution in [0.25, 0.3) is 11.0 Å². The Morgan fingerprint density at radius 3 is 3.08 bits per heavy atom. The van der Waals surface area contributed by atoms with Crippen molar-refractivity contribution in [2.75, 3.05) is 0 Å². The van der Waals surface area contributed by atoms with Crippen LogP contribution in [0.1, 0.15) is 5.56 Å². The third-order valence-corrected chi connectivity index (χ3v) is 2.73. The van der Waals surface area contributed by atoms with Crippen LogP contribution in [0, 0.1) is 11.3 Å². The maximum Gasteiger partial charge on any atom is 0.140 e. The first-order valence-electron chi connectivity index (χ1n) is 3.45. The molecule has 0 aromatic carbocycles. The Labute approximate surface area is 87.5 Å². The molecule has 5 heteroatoms. The molecule has 0 atom stereocenters. The standard InChI is InChI=1S/C8H3BrClN3/c9-5-3-13-8-6(5)7(10)4(1-11)2-12-8/h2-3H,(H,12,13). The van der Waals surface area contributed by atoms with Crippen molar-refractivity contribution in [2.45, 2.75) is 0 Å². The first-order chi connectivity index (χ1) is 6.24. The van der Waals surface area contributed by atoms with Crippen LogP contribution < -0.4 is 0 Å². The van der Waals surface area contributed by atoms with Gasteiger partial charge in [0.15, 0.2) is 0 Å². The van der Waals surface area contributed by atoms with Crippen LogP contribution in [0.3, 0.4) is 0 Å². The lowest BCUT2D eigenvalue weighted by Crippen LogP contribution is -1.82. The van der Waals surface area contributed by atoms with Gasteiger partial charge in [0.05, 0.1) is 16.0 Å². The molecule has 2 heterocycles. The van der Waals surface area contributed by atoms with Crippen LogP contribution in [0.5, 0.6) is 0 Å². The SMILES string of the molecule is N#Cc1cnc2[nH]cc(Br)c2c1Cl. The average Bonchev–Trinajstić information content (AvgIpc) is 2.49. The topological polar surface area (TPSA) is 52.5 Å². The molecule has 0 aliphatic carbocycles. The summed E-state index contributed by atoms with van der Waals surface area (Å²) in [7, 11) is 0. The zero-order chi connectivity index (χ0) is 9.42. The number of H-pyrrole nitrogens is 1.